The van der Waals surface area contributed by atoms with E-state index in [4.69, 9.17) is 16.3 Å². The van der Waals surface area contributed by atoms with Crippen molar-refractivity contribution < 1.29 is 9.84 Å². The maximum atomic E-state index is 9.67. The Morgan fingerprint density at radius 1 is 1.37 bits per heavy atom. The van der Waals surface area contributed by atoms with Crippen LogP contribution in [0.2, 0.25) is 5.15 Å². The van der Waals surface area contributed by atoms with Gasteiger partial charge in [-0.2, -0.15) is 0 Å². The number of hydrogen-bond acceptors (Lipinski definition) is 5. The highest BCUT2D eigenvalue weighted by Gasteiger charge is 2.31. The van der Waals surface area contributed by atoms with Gasteiger partial charge in [-0.05, 0) is 12.8 Å². The first-order valence-electron chi connectivity index (χ1n) is 6.60. The third-order valence-corrected chi connectivity index (χ3v) is 4.11. The van der Waals surface area contributed by atoms with Crippen molar-refractivity contribution in [3.05, 3.63) is 11.5 Å². The Balaban J connectivity index is 2.07. The summed E-state index contributed by atoms with van der Waals surface area (Å²) in [4.78, 5) is 8.03. The minimum absolute atomic E-state index is 0.0549. The molecule has 1 aromatic heterocycles. The molecule has 1 heterocycles. The molecule has 0 spiro atoms. The van der Waals surface area contributed by atoms with Gasteiger partial charge in [-0.3, -0.25) is 0 Å². The Hall–Kier alpha value is -1.07. The number of aliphatic hydroxyl groups excluding tert-OH is 1. The second-order valence-electron chi connectivity index (χ2n) is 5.12. The van der Waals surface area contributed by atoms with Gasteiger partial charge in [0, 0.05) is 12.0 Å². The molecule has 1 aromatic rings. The summed E-state index contributed by atoms with van der Waals surface area (Å²) in [5, 5.41) is 13.2. The zero-order chi connectivity index (χ0) is 13.7. The number of methoxy groups -OCH3 is 1. The summed E-state index contributed by atoms with van der Waals surface area (Å²) >= 11 is 5.95. The van der Waals surface area contributed by atoms with Crippen LogP contribution in [0.5, 0.6) is 5.75 Å². The lowest BCUT2D eigenvalue weighted by Crippen LogP contribution is -2.35. The van der Waals surface area contributed by atoms with Gasteiger partial charge >= 0.3 is 0 Å². The first-order chi connectivity index (χ1) is 9.21. The summed E-state index contributed by atoms with van der Waals surface area (Å²) in [6.45, 7) is 0.869. The number of anilines is 1. The first-order valence-corrected chi connectivity index (χ1v) is 6.98. The highest BCUT2D eigenvalue weighted by Crippen LogP contribution is 2.37. The monoisotopic (exact) mass is 285 g/mol. The van der Waals surface area contributed by atoms with Gasteiger partial charge < -0.3 is 15.2 Å². The van der Waals surface area contributed by atoms with Crippen molar-refractivity contribution in [2.24, 2.45) is 5.41 Å². The fourth-order valence-corrected chi connectivity index (χ4v) is 2.83. The SMILES string of the molecule is COc1c(Cl)ncnc1NCC1(CO)CCCCC1. The van der Waals surface area contributed by atoms with Crippen molar-refractivity contribution in [1.29, 1.82) is 0 Å². The third kappa shape index (κ3) is 3.28. The van der Waals surface area contributed by atoms with E-state index in [0.717, 1.165) is 12.8 Å². The van der Waals surface area contributed by atoms with Crippen LogP contribution < -0.4 is 10.1 Å². The Labute approximate surface area is 118 Å². The molecule has 0 amide bonds. The average Bonchev–Trinajstić information content (AvgIpc) is 2.46. The topological polar surface area (TPSA) is 67.3 Å². The summed E-state index contributed by atoms with van der Waals surface area (Å²) in [7, 11) is 1.54. The average molecular weight is 286 g/mol. The quantitative estimate of drug-likeness (QED) is 0.814. The molecule has 0 aromatic carbocycles. The van der Waals surface area contributed by atoms with Crippen LogP contribution in [0.25, 0.3) is 0 Å². The van der Waals surface area contributed by atoms with Crippen LogP contribution in [0.15, 0.2) is 6.33 Å². The van der Waals surface area contributed by atoms with Gasteiger partial charge in [-0.15, -0.1) is 0 Å². The van der Waals surface area contributed by atoms with Crippen molar-refractivity contribution in [3.8, 4) is 5.75 Å². The Bertz CT molecular complexity index is 422. The highest BCUT2D eigenvalue weighted by molar-refractivity contribution is 6.31. The van der Waals surface area contributed by atoms with E-state index < -0.39 is 0 Å². The van der Waals surface area contributed by atoms with Crippen molar-refractivity contribution >= 4 is 17.4 Å². The molecule has 0 radical (unpaired) electrons. The molecule has 1 aliphatic rings. The molecule has 0 unspecified atom stereocenters. The van der Waals surface area contributed by atoms with E-state index in [1.165, 1.54) is 32.7 Å². The summed E-state index contributed by atoms with van der Waals surface area (Å²) in [5.41, 5.74) is -0.0549. The maximum absolute atomic E-state index is 9.67. The lowest BCUT2D eigenvalue weighted by molar-refractivity contribution is 0.0942. The third-order valence-electron chi connectivity index (χ3n) is 3.84. The molecule has 2 N–H and O–H groups in total. The van der Waals surface area contributed by atoms with Crippen molar-refractivity contribution in [1.82, 2.24) is 9.97 Å². The zero-order valence-corrected chi connectivity index (χ0v) is 11.9. The predicted octanol–water partition coefficient (Wildman–Crippen LogP) is 2.49. The largest absolute Gasteiger partial charge is 0.490 e. The van der Waals surface area contributed by atoms with Gasteiger partial charge in [0.15, 0.2) is 16.7 Å². The fraction of sp³-hybridized carbons (Fsp3) is 0.692. The molecule has 6 heteroatoms. The van der Waals surface area contributed by atoms with Crippen LogP contribution in [-0.4, -0.2) is 35.3 Å². The van der Waals surface area contributed by atoms with Gasteiger partial charge in [0.2, 0.25) is 0 Å². The number of nitrogens with one attached hydrogen (secondary N) is 1. The lowest BCUT2D eigenvalue weighted by atomic mass is 9.74. The zero-order valence-electron chi connectivity index (χ0n) is 11.2. The van der Waals surface area contributed by atoms with E-state index in [9.17, 15) is 5.11 Å². The van der Waals surface area contributed by atoms with Crippen LogP contribution in [-0.2, 0) is 0 Å². The molecule has 5 nitrogen and oxygen atoms in total. The number of rotatable bonds is 5. The van der Waals surface area contributed by atoms with Crippen molar-refractivity contribution in [2.45, 2.75) is 32.1 Å². The molecular formula is C13H20ClN3O2. The molecular weight excluding hydrogens is 266 g/mol. The van der Waals surface area contributed by atoms with Gasteiger partial charge in [-0.1, -0.05) is 30.9 Å². The molecule has 0 aliphatic heterocycles. The molecule has 2 rings (SSSR count). The van der Waals surface area contributed by atoms with E-state index in [2.05, 4.69) is 15.3 Å². The molecule has 19 heavy (non-hydrogen) atoms. The second kappa shape index (κ2) is 6.39. The normalized spacial score (nSPS) is 18.1. The van der Waals surface area contributed by atoms with E-state index in [-0.39, 0.29) is 12.0 Å². The molecule has 0 saturated heterocycles. The molecule has 1 fully saturated rings. The van der Waals surface area contributed by atoms with E-state index in [1.54, 1.807) is 0 Å². The Morgan fingerprint density at radius 2 is 2.11 bits per heavy atom. The number of ether oxygens (including phenoxy) is 1. The highest BCUT2D eigenvalue weighted by atomic mass is 35.5. The first kappa shape index (κ1) is 14.3. The van der Waals surface area contributed by atoms with Crippen molar-refractivity contribution in [3.63, 3.8) is 0 Å². The Morgan fingerprint density at radius 3 is 2.74 bits per heavy atom. The molecule has 1 saturated carbocycles. The summed E-state index contributed by atoms with van der Waals surface area (Å²) in [6, 6.07) is 0. The second-order valence-corrected chi connectivity index (χ2v) is 5.48. The van der Waals surface area contributed by atoms with Gasteiger partial charge in [0.1, 0.15) is 6.33 Å². The Kier molecular flexibility index (Phi) is 4.82. The van der Waals surface area contributed by atoms with E-state index >= 15 is 0 Å². The van der Waals surface area contributed by atoms with Crippen LogP contribution >= 0.6 is 11.6 Å². The molecule has 1 aliphatic carbocycles. The van der Waals surface area contributed by atoms with Gasteiger partial charge in [0.05, 0.1) is 13.7 Å². The lowest BCUT2D eigenvalue weighted by Gasteiger charge is -2.35. The standard InChI is InChI=1S/C13H20ClN3O2/c1-19-10-11(14)16-9-17-12(10)15-7-13(8-18)5-3-2-4-6-13/h9,18H,2-8H2,1H3,(H,15,16,17). The maximum Gasteiger partial charge on any atom is 0.198 e. The minimum atomic E-state index is -0.0549. The molecule has 106 valence electrons. The van der Waals surface area contributed by atoms with Crippen LogP contribution in [0.1, 0.15) is 32.1 Å². The van der Waals surface area contributed by atoms with Crippen LogP contribution in [0.3, 0.4) is 0 Å². The molecule has 0 bridgehead atoms. The number of hydrogen-bond donors (Lipinski definition) is 2. The number of halogens is 1. The van der Waals surface area contributed by atoms with E-state index in [1.807, 2.05) is 0 Å². The minimum Gasteiger partial charge on any atom is -0.490 e. The van der Waals surface area contributed by atoms with Crippen LogP contribution in [0.4, 0.5) is 5.82 Å². The summed E-state index contributed by atoms with van der Waals surface area (Å²) in [6.07, 6.45) is 7.08. The van der Waals surface area contributed by atoms with Gasteiger partial charge in [0.25, 0.3) is 0 Å². The smallest absolute Gasteiger partial charge is 0.198 e. The van der Waals surface area contributed by atoms with Gasteiger partial charge in [-0.25, -0.2) is 9.97 Å². The molecule has 0 atom stereocenters. The number of aliphatic hydroxyl groups is 1. The van der Waals surface area contributed by atoms with Crippen molar-refractivity contribution in [2.75, 3.05) is 25.6 Å². The predicted molar refractivity (Wildman–Crippen MR) is 74.7 cm³/mol. The summed E-state index contributed by atoms with van der Waals surface area (Å²) < 4.78 is 5.20. The summed E-state index contributed by atoms with van der Waals surface area (Å²) in [5.74, 6) is 1.04. The van der Waals surface area contributed by atoms with Crippen LogP contribution in [0, 0.1) is 5.41 Å². The number of aromatic nitrogens is 2. The number of nitrogens with zero attached hydrogens (tertiary/aromatic N) is 2. The fourth-order valence-electron chi connectivity index (χ4n) is 2.62. The van der Waals surface area contributed by atoms with E-state index in [0.29, 0.717) is 23.3 Å².